The van der Waals surface area contributed by atoms with E-state index in [1.54, 1.807) is 11.1 Å². The van der Waals surface area contributed by atoms with E-state index in [-0.39, 0.29) is 5.41 Å². The Morgan fingerprint density at radius 3 is 1.43 bits per heavy atom. The van der Waals surface area contributed by atoms with Crippen LogP contribution in [0.5, 0.6) is 0 Å². The predicted molar refractivity (Wildman–Crippen MR) is 237 cm³/mol. The van der Waals surface area contributed by atoms with Crippen LogP contribution in [0.3, 0.4) is 0 Å². The average molecular weight is 718 g/mol. The van der Waals surface area contributed by atoms with E-state index < -0.39 is 0 Å². The van der Waals surface area contributed by atoms with Crippen molar-refractivity contribution in [1.82, 2.24) is 0 Å². The quantitative estimate of drug-likeness (QED) is 0.0683. The molecule has 0 heterocycles. The van der Waals surface area contributed by atoms with E-state index in [1.165, 1.54) is 159 Å². The molecule has 5 aromatic rings. The molecule has 1 heteroatoms. The molecule has 0 fully saturated rings. The SMILES string of the molecule is CCCCCCCCC1(CCCCCCCC)c2cc(C)ccc2-c2ccc(-c3ccc(N(c4ccc(C)cc4)c4ccc(CCCC)cc4)cc3)cc21. The number of hydrogen-bond donors (Lipinski definition) is 0. The van der Waals surface area contributed by atoms with Gasteiger partial charge in [0.1, 0.15) is 0 Å². The third kappa shape index (κ3) is 9.39. The van der Waals surface area contributed by atoms with E-state index in [1.807, 2.05) is 0 Å². The molecule has 1 nitrogen and oxygen atoms in total. The summed E-state index contributed by atoms with van der Waals surface area (Å²) >= 11 is 0. The maximum absolute atomic E-state index is 2.60. The fourth-order valence-electron chi connectivity index (χ4n) is 9.00. The first-order valence-corrected chi connectivity index (χ1v) is 21.8. The van der Waals surface area contributed by atoms with Crippen molar-refractivity contribution in [3.63, 3.8) is 0 Å². The van der Waals surface area contributed by atoms with Gasteiger partial charge in [-0.1, -0.05) is 182 Å². The first kappa shape index (κ1) is 39.6. The van der Waals surface area contributed by atoms with Crippen LogP contribution in [0.1, 0.15) is 151 Å². The number of benzene rings is 5. The minimum atomic E-state index is 0.0910. The second kappa shape index (κ2) is 19.5. The standard InChI is InChI=1S/C53H67N/c1-6-9-12-14-16-18-37-53(38-19-17-15-13-10-7-2)51-39-42(5)23-35-49(51)50-36-28-45(40-52(50)53)44-26-33-48(34-27-44)54(46-29-21-41(4)22-30-46)47-31-24-43(25-32-47)20-11-8-3/h21-36,39-40H,6-20,37-38H2,1-5H3. The molecule has 0 spiro atoms. The summed E-state index contributed by atoms with van der Waals surface area (Å²) in [6, 6.07) is 42.3. The van der Waals surface area contributed by atoms with Gasteiger partial charge >= 0.3 is 0 Å². The van der Waals surface area contributed by atoms with Crippen LogP contribution in [-0.4, -0.2) is 0 Å². The highest BCUT2D eigenvalue weighted by Crippen LogP contribution is 2.55. The Balaban J connectivity index is 1.33. The minimum absolute atomic E-state index is 0.0910. The number of aryl methyl sites for hydroxylation is 3. The molecule has 5 aromatic carbocycles. The highest BCUT2D eigenvalue weighted by Gasteiger charge is 2.42. The van der Waals surface area contributed by atoms with Crippen LogP contribution in [0.4, 0.5) is 17.1 Å². The molecule has 1 aliphatic rings. The summed E-state index contributed by atoms with van der Waals surface area (Å²) < 4.78 is 0. The molecular formula is C53H67N. The van der Waals surface area contributed by atoms with Crippen molar-refractivity contribution in [3.8, 4) is 22.3 Å². The van der Waals surface area contributed by atoms with Gasteiger partial charge in [-0.25, -0.2) is 0 Å². The van der Waals surface area contributed by atoms with Gasteiger partial charge in [-0.2, -0.15) is 0 Å². The van der Waals surface area contributed by atoms with Gasteiger partial charge in [0, 0.05) is 22.5 Å². The van der Waals surface area contributed by atoms with Crippen molar-refractivity contribution in [2.45, 2.75) is 149 Å². The summed E-state index contributed by atoms with van der Waals surface area (Å²) in [4.78, 5) is 2.40. The van der Waals surface area contributed by atoms with Crippen LogP contribution in [0, 0.1) is 13.8 Å². The van der Waals surface area contributed by atoms with Gasteiger partial charge in [-0.15, -0.1) is 0 Å². The normalized spacial score (nSPS) is 12.8. The maximum atomic E-state index is 2.60. The molecule has 0 N–H and O–H groups in total. The van der Waals surface area contributed by atoms with Gasteiger partial charge in [-0.3, -0.25) is 0 Å². The Morgan fingerprint density at radius 1 is 0.407 bits per heavy atom. The monoisotopic (exact) mass is 718 g/mol. The van der Waals surface area contributed by atoms with Gasteiger partial charge in [0.25, 0.3) is 0 Å². The Morgan fingerprint density at radius 2 is 0.852 bits per heavy atom. The predicted octanol–water partition coefficient (Wildman–Crippen LogP) is 16.6. The molecule has 54 heavy (non-hydrogen) atoms. The molecule has 284 valence electrons. The van der Waals surface area contributed by atoms with Crippen molar-refractivity contribution in [3.05, 3.63) is 137 Å². The van der Waals surface area contributed by atoms with Gasteiger partial charge in [0.15, 0.2) is 0 Å². The Bertz CT molecular complexity index is 1860. The Labute approximate surface area is 329 Å². The Kier molecular flexibility index (Phi) is 14.3. The topological polar surface area (TPSA) is 3.24 Å². The largest absolute Gasteiger partial charge is 0.311 e. The molecule has 0 bridgehead atoms. The molecule has 0 saturated heterocycles. The summed E-state index contributed by atoms with van der Waals surface area (Å²) in [6.07, 6.45) is 22.2. The number of anilines is 3. The lowest BCUT2D eigenvalue weighted by molar-refractivity contribution is 0.398. The Hall–Kier alpha value is -4.10. The summed E-state index contributed by atoms with van der Waals surface area (Å²) in [5.41, 5.74) is 16.5. The first-order valence-electron chi connectivity index (χ1n) is 21.8. The molecule has 0 unspecified atom stereocenters. The molecule has 0 saturated carbocycles. The van der Waals surface area contributed by atoms with Crippen molar-refractivity contribution in [1.29, 1.82) is 0 Å². The second-order valence-corrected chi connectivity index (χ2v) is 16.4. The minimum Gasteiger partial charge on any atom is -0.311 e. The molecular weight excluding hydrogens is 651 g/mol. The van der Waals surface area contributed by atoms with Crippen LogP contribution < -0.4 is 4.90 Å². The highest BCUT2D eigenvalue weighted by molar-refractivity contribution is 5.85. The highest BCUT2D eigenvalue weighted by atomic mass is 15.1. The van der Waals surface area contributed by atoms with Crippen molar-refractivity contribution < 1.29 is 0 Å². The molecule has 0 aliphatic heterocycles. The van der Waals surface area contributed by atoms with Gasteiger partial charge < -0.3 is 4.90 Å². The molecule has 0 atom stereocenters. The third-order valence-corrected chi connectivity index (χ3v) is 12.2. The summed E-state index contributed by atoms with van der Waals surface area (Å²) in [6.45, 7) is 11.4. The van der Waals surface area contributed by atoms with Crippen molar-refractivity contribution >= 4 is 17.1 Å². The van der Waals surface area contributed by atoms with Gasteiger partial charge in [0.05, 0.1) is 0 Å². The van der Waals surface area contributed by atoms with Crippen LogP contribution in [0.25, 0.3) is 22.3 Å². The fourth-order valence-corrected chi connectivity index (χ4v) is 9.00. The van der Waals surface area contributed by atoms with Crippen LogP contribution >= 0.6 is 0 Å². The van der Waals surface area contributed by atoms with Gasteiger partial charge in [0.2, 0.25) is 0 Å². The molecule has 0 amide bonds. The van der Waals surface area contributed by atoms with E-state index in [0.717, 1.165) is 6.42 Å². The van der Waals surface area contributed by atoms with Crippen molar-refractivity contribution in [2.24, 2.45) is 0 Å². The van der Waals surface area contributed by atoms with E-state index in [4.69, 9.17) is 0 Å². The summed E-state index contributed by atoms with van der Waals surface area (Å²) in [5.74, 6) is 0. The number of unbranched alkanes of at least 4 members (excludes halogenated alkanes) is 11. The van der Waals surface area contributed by atoms with E-state index in [2.05, 4.69) is 149 Å². The smallest absolute Gasteiger partial charge is 0.0462 e. The number of nitrogens with zero attached hydrogens (tertiary/aromatic N) is 1. The van der Waals surface area contributed by atoms with Crippen LogP contribution in [-0.2, 0) is 11.8 Å². The number of rotatable bonds is 21. The van der Waals surface area contributed by atoms with Crippen LogP contribution in [0.15, 0.2) is 109 Å². The number of hydrogen-bond acceptors (Lipinski definition) is 1. The average Bonchev–Trinajstić information content (AvgIpc) is 3.46. The van der Waals surface area contributed by atoms with Gasteiger partial charge in [-0.05, 0) is 121 Å². The lowest BCUT2D eigenvalue weighted by Gasteiger charge is -2.33. The summed E-state index contributed by atoms with van der Waals surface area (Å²) in [7, 11) is 0. The van der Waals surface area contributed by atoms with E-state index >= 15 is 0 Å². The lowest BCUT2D eigenvalue weighted by Crippen LogP contribution is -2.25. The zero-order valence-corrected chi connectivity index (χ0v) is 34.4. The zero-order valence-electron chi connectivity index (χ0n) is 34.4. The first-order chi connectivity index (χ1) is 26.5. The summed E-state index contributed by atoms with van der Waals surface area (Å²) in [5, 5.41) is 0. The maximum Gasteiger partial charge on any atom is 0.0462 e. The molecule has 1 aliphatic carbocycles. The lowest BCUT2D eigenvalue weighted by atomic mass is 9.70. The van der Waals surface area contributed by atoms with Crippen LogP contribution in [0.2, 0.25) is 0 Å². The van der Waals surface area contributed by atoms with Crippen molar-refractivity contribution in [2.75, 3.05) is 4.90 Å². The molecule has 0 radical (unpaired) electrons. The fraction of sp³-hybridized carbons (Fsp3) is 0.434. The number of fused-ring (bicyclic) bond motifs is 3. The molecule has 0 aromatic heterocycles. The van der Waals surface area contributed by atoms with E-state index in [9.17, 15) is 0 Å². The van der Waals surface area contributed by atoms with E-state index in [0.29, 0.717) is 0 Å². The molecule has 6 rings (SSSR count). The zero-order chi connectivity index (χ0) is 37.8. The second-order valence-electron chi connectivity index (χ2n) is 16.4. The third-order valence-electron chi connectivity index (χ3n) is 12.2.